The lowest BCUT2D eigenvalue weighted by Crippen LogP contribution is -2.18. The fourth-order valence-corrected chi connectivity index (χ4v) is 3.99. The van der Waals surface area contributed by atoms with Crippen LogP contribution in [0.5, 0.6) is 5.75 Å². The zero-order valence-electron chi connectivity index (χ0n) is 12.0. The zero-order valence-corrected chi connectivity index (χ0v) is 14.4. The molecule has 0 atom stereocenters. The van der Waals surface area contributed by atoms with Gasteiger partial charge in [0.25, 0.3) is 5.91 Å². The molecule has 1 aliphatic carbocycles. The fraction of sp³-hybridized carbons (Fsp3) is 0.250. The Kier molecular flexibility index (Phi) is 4.31. The van der Waals surface area contributed by atoms with Crippen molar-refractivity contribution < 1.29 is 9.90 Å². The third kappa shape index (κ3) is 3.08. The highest BCUT2D eigenvalue weighted by Gasteiger charge is 2.18. The third-order valence-corrected chi connectivity index (χ3v) is 5.37. The maximum Gasteiger partial charge on any atom is 0.281 e. The van der Waals surface area contributed by atoms with Gasteiger partial charge in [0, 0.05) is 14.9 Å². The highest BCUT2D eigenvalue weighted by Crippen LogP contribution is 2.30. The van der Waals surface area contributed by atoms with Crippen LogP contribution in [0.15, 0.2) is 33.8 Å². The summed E-state index contributed by atoms with van der Waals surface area (Å²) in [6, 6.07) is 7.06. The summed E-state index contributed by atoms with van der Waals surface area (Å²) in [5, 5.41) is 14.0. The molecule has 2 N–H and O–H groups in total. The molecule has 4 nitrogen and oxygen atoms in total. The van der Waals surface area contributed by atoms with Gasteiger partial charge in [0.15, 0.2) is 0 Å². The second-order valence-electron chi connectivity index (χ2n) is 5.21. The molecule has 0 unspecified atom stereocenters. The van der Waals surface area contributed by atoms with Crippen LogP contribution in [0.2, 0.25) is 0 Å². The molecule has 0 saturated heterocycles. The first-order valence-electron chi connectivity index (χ1n) is 6.99. The van der Waals surface area contributed by atoms with E-state index in [9.17, 15) is 9.90 Å². The van der Waals surface area contributed by atoms with E-state index in [4.69, 9.17) is 0 Å². The van der Waals surface area contributed by atoms with Crippen LogP contribution in [0.1, 0.15) is 39.0 Å². The lowest BCUT2D eigenvalue weighted by molar-refractivity contribution is 0.0959. The summed E-state index contributed by atoms with van der Waals surface area (Å²) in [6.07, 6.45) is 3.32. The minimum atomic E-state index is -0.201. The molecule has 0 spiro atoms. The maximum atomic E-state index is 12.2. The number of rotatable bonds is 3. The summed E-state index contributed by atoms with van der Waals surface area (Å²) in [4.78, 5) is 14.2. The average Bonchev–Trinajstić information content (AvgIpc) is 3.08. The Hall–Kier alpha value is -1.66. The molecular weight excluding hydrogens is 364 g/mol. The number of carbonyl (C=O) groups excluding carboxylic acids is 1. The molecule has 114 valence electrons. The van der Waals surface area contributed by atoms with Crippen LogP contribution in [0.4, 0.5) is 0 Å². The van der Waals surface area contributed by atoms with E-state index in [1.807, 2.05) is 6.07 Å². The number of fused-ring (bicyclic) bond motifs is 1. The average molecular weight is 379 g/mol. The van der Waals surface area contributed by atoms with E-state index in [-0.39, 0.29) is 11.7 Å². The van der Waals surface area contributed by atoms with Crippen LogP contribution in [-0.2, 0) is 12.8 Å². The van der Waals surface area contributed by atoms with Crippen molar-refractivity contribution >= 4 is 38.9 Å². The summed E-state index contributed by atoms with van der Waals surface area (Å²) in [5.41, 5.74) is 5.00. The predicted octanol–water partition coefficient (Wildman–Crippen LogP) is 3.86. The van der Waals surface area contributed by atoms with Gasteiger partial charge < -0.3 is 5.11 Å². The largest absolute Gasteiger partial charge is 0.507 e. The van der Waals surface area contributed by atoms with Crippen molar-refractivity contribution in [2.24, 2.45) is 5.10 Å². The Bertz CT molecular complexity index is 746. The van der Waals surface area contributed by atoms with Gasteiger partial charge in [-0.25, -0.2) is 5.43 Å². The monoisotopic (exact) mass is 378 g/mol. The first-order chi connectivity index (χ1) is 10.5. The van der Waals surface area contributed by atoms with Gasteiger partial charge in [0.1, 0.15) is 5.75 Å². The molecule has 0 radical (unpaired) electrons. The molecule has 1 amide bonds. The SMILES string of the molecule is C/C(=N\NC(=O)c1cc2c(s1)CCC2)c1cc(Br)ccc1O. The van der Waals surface area contributed by atoms with Crippen LogP contribution >= 0.6 is 27.3 Å². The first-order valence-corrected chi connectivity index (χ1v) is 8.60. The van der Waals surface area contributed by atoms with Crippen molar-refractivity contribution in [1.29, 1.82) is 0 Å². The van der Waals surface area contributed by atoms with E-state index in [1.54, 1.807) is 36.5 Å². The van der Waals surface area contributed by atoms with Gasteiger partial charge in [-0.1, -0.05) is 15.9 Å². The number of thiophene rings is 1. The normalized spacial score (nSPS) is 14.0. The number of phenolic OH excluding ortho intramolecular Hbond substituents is 1. The smallest absolute Gasteiger partial charge is 0.281 e. The van der Waals surface area contributed by atoms with E-state index >= 15 is 0 Å². The fourth-order valence-electron chi connectivity index (χ4n) is 2.49. The van der Waals surface area contributed by atoms with E-state index in [0.29, 0.717) is 16.2 Å². The summed E-state index contributed by atoms with van der Waals surface area (Å²) in [5.74, 6) is -0.0676. The lowest BCUT2D eigenvalue weighted by Gasteiger charge is -2.05. The Morgan fingerprint density at radius 1 is 1.36 bits per heavy atom. The van der Waals surface area contributed by atoms with Gasteiger partial charge >= 0.3 is 0 Å². The summed E-state index contributed by atoms with van der Waals surface area (Å²) in [6.45, 7) is 1.75. The number of aromatic hydroxyl groups is 1. The van der Waals surface area contributed by atoms with Gasteiger partial charge in [-0.15, -0.1) is 11.3 Å². The number of benzene rings is 1. The number of hydrazone groups is 1. The Labute approximate surface area is 141 Å². The van der Waals surface area contributed by atoms with E-state index in [0.717, 1.165) is 17.3 Å². The quantitative estimate of drug-likeness (QED) is 0.629. The first kappa shape index (κ1) is 15.2. The number of aryl methyl sites for hydroxylation is 2. The second kappa shape index (κ2) is 6.22. The van der Waals surface area contributed by atoms with Crippen molar-refractivity contribution in [3.05, 3.63) is 49.6 Å². The van der Waals surface area contributed by atoms with Crippen molar-refractivity contribution in [2.75, 3.05) is 0 Å². The van der Waals surface area contributed by atoms with Gasteiger partial charge in [-0.3, -0.25) is 4.79 Å². The Morgan fingerprint density at radius 2 is 2.18 bits per heavy atom. The number of amides is 1. The topological polar surface area (TPSA) is 61.7 Å². The molecule has 6 heteroatoms. The van der Waals surface area contributed by atoms with Crippen molar-refractivity contribution in [3.8, 4) is 5.75 Å². The molecule has 1 aromatic carbocycles. The van der Waals surface area contributed by atoms with Crippen molar-refractivity contribution in [2.45, 2.75) is 26.2 Å². The zero-order chi connectivity index (χ0) is 15.7. The van der Waals surface area contributed by atoms with Crippen LogP contribution in [0.3, 0.4) is 0 Å². The van der Waals surface area contributed by atoms with Crippen LogP contribution in [0, 0.1) is 0 Å². The molecule has 1 heterocycles. The maximum absolute atomic E-state index is 12.2. The number of nitrogens with one attached hydrogen (secondary N) is 1. The number of hydrogen-bond acceptors (Lipinski definition) is 4. The molecule has 1 aromatic heterocycles. The second-order valence-corrected chi connectivity index (χ2v) is 7.26. The summed E-state index contributed by atoms with van der Waals surface area (Å²) in [7, 11) is 0. The van der Waals surface area contributed by atoms with E-state index in [1.165, 1.54) is 16.9 Å². The van der Waals surface area contributed by atoms with Crippen LogP contribution < -0.4 is 5.43 Å². The minimum absolute atomic E-state index is 0.133. The molecule has 0 aliphatic heterocycles. The lowest BCUT2D eigenvalue weighted by atomic mass is 10.1. The van der Waals surface area contributed by atoms with Gasteiger partial charge in [0.2, 0.25) is 0 Å². The van der Waals surface area contributed by atoms with Crippen molar-refractivity contribution in [3.63, 3.8) is 0 Å². The molecule has 2 aromatic rings. The number of phenols is 1. The van der Waals surface area contributed by atoms with E-state index in [2.05, 4.69) is 26.5 Å². The molecule has 3 rings (SSSR count). The van der Waals surface area contributed by atoms with E-state index < -0.39 is 0 Å². The predicted molar refractivity (Wildman–Crippen MR) is 91.8 cm³/mol. The van der Waals surface area contributed by atoms with Gasteiger partial charge in [-0.05, 0) is 56.0 Å². The van der Waals surface area contributed by atoms with Crippen molar-refractivity contribution in [1.82, 2.24) is 5.43 Å². The standard InChI is InChI=1S/C16H15BrN2O2S/c1-9(12-8-11(17)5-6-13(12)20)18-19-16(21)15-7-10-3-2-4-14(10)22-15/h5-8,20H,2-4H2,1H3,(H,19,21)/b18-9+. The Balaban J connectivity index is 1.74. The molecular formula is C16H15BrN2O2S. The van der Waals surface area contributed by atoms with Crippen LogP contribution in [0.25, 0.3) is 0 Å². The molecule has 0 fully saturated rings. The minimum Gasteiger partial charge on any atom is -0.507 e. The Morgan fingerprint density at radius 3 is 2.95 bits per heavy atom. The number of carbonyl (C=O) groups is 1. The third-order valence-electron chi connectivity index (χ3n) is 3.64. The summed E-state index contributed by atoms with van der Waals surface area (Å²) < 4.78 is 0.843. The molecule has 0 bridgehead atoms. The highest BCUT2D eigenvalue weighted by molar-refractivity contribution is 9.10. The molecule has 22 heavy (non-hydrogen) atoms. The highest BCUT2D eigenvalue weighted by atomic mass is 79.9. The van der Waals surface area contributed by atoms with Crippen LogP contribution in [-0.4, -0.2) is 16.7 Å². The molecule has 0 saturated carbocycles. The number of nitrogens with zero attached hydrogens (tertiary/aromatic N) is 1. The van der Waals surface area contributed by atoms with Gasteiger partial charge in [-0.2, -0.15) is 5.10 Å². The number of hydrogen-bond donors (Lipinski definition) is 2. The van der Waals surface area contributed by atoms with Gasteiger partial charge in [0.05, 0.1) is 10.6 Å². The number of halogens is 1. The summed E-state index contributed by atoms with van der Waals surface area (Å²) >= 11 is 4.90. The molecule has 1 aliphatic rings.